The van der Waals surface area contributed by atoms with Crippen LogP contribution in [0.1, 0.15) is 29.0 Å². The van der Waals surface area contributed by atoms with Gasteiger partial charge < -0.3 is 14.2 Å². The van der Waals surface area contributed by atoms with Gasteiger partial charge in [0, 0.05) is 20.1 Å². The molecule has 2 amide bonds. The van der Waals surface area contributed by atoms with Crippen LogP contribution in [0.3, 0.4) is 0 Å². The molecule has 0 spiro atoms. The van der Waals surface area contributed by atoms with Gasteiger partial charge in [-0.3, -0.25) is 9.59 Å². The fourth-order valence-electron chi connectivity index (χ4n) is 3.85. The van der Waals surface area contributed by atoms with E-state index >= 15 is 0 Å². The van der Waals surface area contributed by atoms with Crippen LogP contribution in [0, 0.1) is 0 Å². The maximum atomic E-state index is 13.0. The number of likely N-dealkylation sites (N-methyl/N-ethyl adjacent to an activating group) is 1. The molecule has 0 aliphatic carbocycles. The SMILES string of the molecule is CN(Cc1ccc(-c2ccccc2)cc1)C(=O)C1CCCN1C(=O)c1ccco1. The van der Waals surface area contributed by atoms with Crippen molar-refractivity contribution >= 4 is 11.8 Å². The van der Waals surface area contributed by atoms with Crippen molar-refractivity contribution in [2.45, 2.75) is 25.4 Å². The number of likely N-dealkylation sites (tertiary alicyclic amines) is 1. The lowest BCUT2D eigenvalue weighted by Crippen LogP contribution is -2.46. The van der Waals surface area contributed by atoms with Crippen molar-refractivity contribution in [3.05, 3.63) is 84.3 Å². The molecule has 148 valence electrons. The van der Waals surface area contributed by atoms with Crippen molar-refractivity contribution in [2.75, 3.05) is 13.6 Å². The summed E-state index contributed by atoms with van der Waals surface area (Å²) in [5.41, 5.74) is 3.37. The molecular weight excluding hydrogens is 364 g/mol. The molecule has 1 aromatic heterocycles. The number of rotatable bonds is 5. The van der Waals surface area contributed by atoms with Gasteiger partial charge in [-0.1, -0.05) is 54.6 Å². The normalized spacial score (nSPS) is 16.0. The summed E-state index contributed by atoms with van der Waals surface area (Å²) in [4.78, 5) is 29.0. The Bertz CT molecular complexity index is 965. The van der Waals surface area contributed by atoms with E-state index in [0.29, 0.717) is 19.5 Å². The van der Waals surface area contributed by atoms with Gasteiger partial charge in [0.15, 0.2) is 5.76 Å². The van der Waals surface area contributed by atoms with Crippen molar-refractivity contribution in [3.8, 4) is 11.1 Å². The minimum atomic E-state index is -0.429. The molecule has 2 aromatic carbocycles. The third-order valence-electron chi connectivity index (χ3n) is 5.39. The smallest absolute Gasteiger partial charge is 0.290 e. The van der Waals surface area contributed by atoms with Crippen LogP contribution in [0.4, 0.5) is 0 Å². The first-order valence-corrected chi connectivity index (χ1v) is 9.87. The Morgan fingerprint density at radius 3 is 2.41 bits per heavy atom. The zero-order valence-electron chi connectivity index (χ0n) is 16.5. The molecule has 1 saturated heterocycles. The summed E-state index contributed by atoms with van der Waals surface area (Å²) in [5.74, 6) is 0.0323. The van der Waals surface area contributed by atoms with Crippen molar-refractivity contribution in [3.63, 3.8) is 0 Å². The van der Waals surface area contributed by atoms with Gasteiger partial charge in [-0.2, -0.15) is 0 Å². The summed E-state index contributed by atoms with van der Waals surface area (Å²) in [6.45, 7) is 1.09. The van der Waals surface area contributed by atoms with Crippen molar-refractivity contribution in [2.24, 2.45) is 0 Å². The highest BCUT2D eigenvalue weighted by Crippen LogP contribution is 2.23. The number of hydrogen-bond acceptors (Lipinski definition) is 3. The lowest BCUT2D eigenvalue weighted by atomic mass is 10.0. The first-order valence-electron chi connectivity index (χ1n) is 9.87. The minimum Gasteiger partial charge on any atom is -0.459 e. The molecule has 1 aliphatic heterocycles. The van der Waals surface area contributed by atoms with E-state index in [-0.39, 0.29) is 17.6 Å². The molecule has 0 bridgehead atoms. The first kappa shape index (κ1) is 19.0. The fraction of sp³-hybridized carbons (Fsp3) is 0.250. The second-order valence-electron chi connectivity index (χ2n) is 7.39. The van der Waals surface area contributed by atoms with E-state index < -0.39 is 6.04 Å². The molecule has 3 aromatic rings. The Hall–Kier alpha value is -3.34. The van der Waals surface area contributed by atoms with E-state index in [0.717, 1.165) is 17.5 Å². The maximum absolute atomic E-state index is 13.0. The number of hydrogen-bond donors (Lipinski definition) is 0. The van der Waals surface area contributed by atoms with Gasteiger partial charge >= 0.3 is 0 Å². The summed E-state index contributed by atoms with van der Waals surface area (Å²) in [7, 11) is 1.79. The van der Waals surface area contributed by atoms with Crippen LogP contribution in [-0.2, 0) is 11.3 Å². The first-order chi connectivity index (χ1) is 14.1. The van der Waals surface area contributed by atoms with Gasteiger partial charge in [0.1, 0.15) is 6.04 Å². The summed E-state index contributed by atoms with van der Waals surface area (Å²) in [6, 6.07) is 21.3. The Labute approximate surface area is 170 Å². The van der Waals surface area contributed by atoms with E-state index in [1.165, 1.54) is 11.8 Å². The molecule has 1 fully saturated rings. The van der Waals surface area contributed by atoms with E-state index in [1.54, 1.807) is 29.0 Å². The second-order valence-corrected chi connectivity index (χ2v) is 7.39. The van der Waals surface area contributed by atoms with Gasteiger partial charge in [0.25, 0.3) is 5.91 Å². The quantitative estimate of drug-likeness (QED) is 0.658. The van der Waals surface area contributed by atoms with Crippen molar-refractivity contribution < 1.29 is 14.0 Å². The third kappa shape index (κ3) is 4.09. The zero-order valence-corrected chi connectivity index (χ0v) is 16.5. The second kappa shape index (κ2) is 8.35. The lowest BCUT2D eigenvalue weighted by molar-refractivity contribution is -0.134. The predicted molar refractivity (Wildman–Crippen MR) is 111 cm³/mol. The Kier molecular flexibility index (Phi) is 5.47. The average Bonchev–Trinajstić information content (AvgIpc) is 3.46. The number of carbonyl (C=O) groups excluding carboxylic acids is 2. The maximum Gasteiger partial charge on any atom is 0.290 e. The summed E-state index contributed by atoms with van der Waals surface area (Å²) >= 11 is 0. The number of carbonyl (C=O) groups is 2. The van der Waals surface area contributed by atoms with Gasteiger partial charge in [-0.25, -0.2) is 0 Å². The number of amides is 2. The highest BCUT2D eigenvalue weighted by molar-refractivity contribution is 5.95. The molecular formula is C24H24N2O3. The molecule has 1 atom stereocenters. The Morgan fingerprint density at radius 1 is 1.00 bits per heavy atom. The lowest BCUT2D eigenvalue weighted by Gasteiger charge is -2.27. The van der Waals surface area contributed by atoms with E-state index in [2.05, 4.69) is 24.3 Å². The molecule has 5 nitrogen and oxygen atoms in total. The number of benzene rings is 2. The van der Waals surface area contributed by atoms with Crippen LogP contribution in [0.2, 0.25) is 0 Å². The van der Waals surface area contributed by atoms with Crippen LogP contribution >= 0.6 is 0 Å². The Balaban J connectivity index is 1.42. The molecule has 1 aliphatic rings. The van der Waals surface area contributed by atoms with Gasteiger partial charge in [-0.05, 0) is 41.7 Å². The molecule has 0 radical (unpaired) electrons. The minimum absolute atomic E-state index is 0.0328. The molecule has 5 heteroatoms. The standard InChI is InChI=1S/C24H24N2O3/c1-25(17-18-11-13-20(14-12-18)19-7-3-2-4-8-19)23(27)21-9-5-15-26(21)24(28)22-10-6-16-29-22/h2-4,6-8,10-14,16,21H,5,9,15,17H2,1H3. The molecule has 0 N–H and O–H groups in total. The average molecular weight is 388 g/mol. The van der Waals surface area contributed by atoms with Crippen LogP contribution in [0.25, 0.3) is 11.1 Å². The molecule has 2 heterocycles. The zero-order chi connectivity index (χ0) is 20.2. The molecule has 1 unspecified atom stereocenters. The topological polar surface area (TPSA) is 53.8 Å². The van der Waals surface area contributed by atoms with Crippen LogP contribution < -0.4 is 0 Å². The van der Waals surface area contributed by atoms with Gasteiger partial charge in [0.05, 0.1) is 6.26 Å². The summed E-state index contributed by atoms with van der Waals surface area (Å²) in [6.07, 6.45) is 2.98. The predicted octanol–water partition coefficient (Wildman–Crippen LogP) is 4.21. The molecule has 4 rings (SSSR count). The van der Waals surface area contributed by atoms with Gasteiger partial charge in [0.2, 0.25) is 5.91 Å². The highest BCUT2D eigenvalue weighted by Gasteiger charge is 2.36. The van der Waals surface area contributed by atoms with Crippen LogP contribution in [0.5, 0.6) is 0 Å². The van der Waals surface area contributed by atoms with Crippen molar-refractivity contribution in [1.29, 1.82) is 0 Å². The fourth-order valence-corrected chi connectivity index (χ4v) is 3.85. The van der Waals surface area contributed by atoms with Crippen molar-refractivity contribution in [1.82, 2.24) is 9.80 Å². The summed E-state index contributed by atoms with van der Waals surface area (Å²) < 4.78 is 5.22. The van der Waals surface area contributed by atoms with Crippen LogP contribution in [0.15, 0.2) is 77.4 Å². The highest BCUT2D eigenvalue weighted by atomic mass is 16.3. The molecule has 0 saturated carbocycles. The summed E-state index contributed by atoms with van der Waals surface area (Å²) in [5, 5.41) is 0. The monoisotopic (exact) mass is 388 g/mol. The largest absolute Gasteiger partial charge is 0.459 e. The Morgan fingerprint density at radius 2 is 1.72 bits per heavy atom. The van der Waals surface area contributed by atoms with E-state index in [9.17, 15) is 9.59 Å². The number of furan rings is 1. The number of nitrogens with zero attached hydrogens (tertiary/aromatic N) is 2. The van der Waals surface area contributed by atoms with E-state index in [4.69, 9.17) is 4.42 Å². The molecule has 29 heavy (non-hydrogen) atoms. The van der Waals surface area contributed by atoms with E-state index in [1.807, 2.05) is 30.3 Å². The third-order valence-corrected chi connectivity index (χ3v) is 5.39. The van der Waals surface area contributed by atoms with Crippen LogP contribution in [-0.4, -0.2) is 41.2 Å². The van der Waals surface area contributed by atoms with Gasteiger partial charge in [-0.15, -0.1) is 0 Å².